The molecule has 11 heteroatoms. The maximum absolute atomic E-state index is 13.6. The Kier molecular flexibility index (Phi) is 5.81. The lowest BCUT2D eigenvalue weighted by atomic mass is 9.95. The van der Waals surface area contributed by atoms with Crippen molar-refractivity contribution in [3.05, 3.63) is 47.7 Å². The average Bonchev–Trinajstić information content (AvgIpc) is 3.09. The zero-order valence-corrected chi connectivity index (χ0v) is 15.8. The third kappa shape index (κ3) is 4.29. The molecule has 2 bridgehead atoms. The van der Waals surface area contributed by atoms with Crippen molar-refractivity contribution in [2.75, 3.05) is 5.32 Å². The molecule has 0 radical (unpaired) electrons. The van der Waals surface area contributed by atoms with Gasteiger partial charge < -0.3 is 21.5 Å². The lowest BCUT2D eigenvalue weighted by molar-refractivity contribution is -0.118. The highest BCUT2D eigenvalue weighted by molar-refractivity contribution is 5.98. The van der Waals surface area contributed by atoms with Gasteiger partial charge in [0.1, 0.15) is 0 Å². The molecule has 30 heavy (non-hydrogen) atoms. The number of carbonyl (C=O) groups excluding carboxylic acids is 2. The Morgan fingerprint density at radius 2 is 2.10 bits per heavy atom. The summed E-state index contributed by atoms with van der Waals surface area (Å²) in [6.45, 7) is -1.41. The van der Waals surface area contributed by atoms with Crippen LogP contribution in [0.25, 0.3) is 11.3 Å². The van der Waals surface area contributed by atoms with Crippen LogP contribution in [0.2, 0.25) is 0 Å². The number of alkyl halides is 2. The fourth-order valence-electron chi connectivity index (χ4n) is 3.20. The Morgan fingerprint density at radius 1 is 1.37 bits per heavy atom. The summed E-state index contributed by atoms with van der Waals surface area (Å²) in [5.41, 5.74) is 5.76. The van der Waals surface area contributed by atoms with E-state index in [9.17, 15) is 28.3 Å². The molecule has 1 aromatic heterocycles. The molecule has 0 spiro atoms. The lowest BCUT2D eigenvalue weighted by Gasteiger charge is -2.20. The maximum Gasteiger partial charge on any atom is 0.405 e. The van der Waals surface area contributed by atoms with Gasteiger partial charge in [0.15, 0.2) is 0 Å². The van der Waals surface area contributed by atoms with Crippen LogP contribution in [0.4, 0.5) is 19.3 Å². The highest BCUT2D eigenvalue weighted by atomic mass is 19.3. The number of benzene rings is 1. The molecule has 158 valence electrons. The fourth-order valence-corrected chi connectivity index (χ4v) is 3.20. The topological polar surface area (TPSA) is 139 Å². The minimum Gasteiger partial charge on any atom is -0.465 e. The van der Waals surface area contributed by atoms with Gasteiger partial charge in [-0.3, -0.25) is 9.59 Å². The molecule has 2 atom stereocenters. The van der Waals surface area contributed by atoms with Crippen LogP contribution in [0, 0.1) is 5.92 Å². The second kappa shape index (κ2) is 8.31. The predicted octanol–water partition coefficient (Wildman–Crippen LogP) is 2.89. The Hall–Kier alpha value is -3.76. The third-order valence-electron chi connectivity index (χ3n) is 4.66. The molecule has 2 heterocycles. The van der Waals surface area contributed by atoms with Gasteiger partial charge in [0.05, 0.1) is 29.5 Å². The van der Waals surface area contributed by atoms with Crippen molar-refractivity contribution in [2.45, 2.75) is 25.9 Å². The Balaban J connectivity index is 2.29. The Bertz CT molecular complexity index is 1030. The van der Waals surface area contributed by atoms with Gasteiger partial charge in [0.2, 0.25) is 11.8 Å². The van der Waals surface area contributed by atoms with Crippen LogP contribution in [0.15, 0.2) is 36.5 Å². The van der Waals surface area contributed by atoms with E-state index in [0.29, 0.717) is 10.2 Å². The number of anilines is 1. The van der Waals surface area contributed by atoms with Crippen molar-refractivity contribution < 1.29 is 28.3 Å². The van der Waals surface area contributed by atoms with Gasteiger partial charge >= 0.3 is 12.6 Å². The first-order chi connectivity index (χ1) is 14.2. The first-order valence-corrected chi connectivity index (χ1v) is 8.95. The molecule has 0 unspecified atom stereocenters. The van der Waals surface area contributed by atoms with Gasteiger partial charge in [0.25, 0.3) is 0 Å². The Morgan fingerprint density at radius 3 is 2.73 bits per heavy atom. The standard InChI is InChI=1S/C19H19F2N5O4/c1-9-3-2-4-13(25-19(29)30)10-5-11(7-12(6-10)16(22)27)15-14(24-17(9)28)8-23-26(15)18(20)21/h2-3,5-9,13,18,25H,4H2,1H3,(H2,22,27)(H,24,28)(H,29,30)/b3-2+/t9-,13+/m1/s1. The quantitative estimate of drug-likeness (QED) is 0.567. The van der Waals surface area contributed by atoms with Gasteiger partial charge in [-0.15, -0.1) is 0 Å². The maximum atomic E-state index is 13.6. The molecule has 2 aromatic rings. The largest absolute Gasteiger partial charge is 0.465 e. The molecular weight excluding hydrogens is 400 g/mol. The third-order valence-corrected chi connectivity index (χ3v) is 4.66. The summed E-state index contributed by atoms with van der Waals surface area (Å²) >= 11 is 0. The molecule has 3 amide bonds. The number of amides is 3. The van der Waals surface area contributed by atoms with Gasteiger partial charge in [-0.05, 0) is 30.2 Å². The molecule has 1 aliphatic heterocycles. The highest BCUT2D eigenvalue weighted by Gasteiger charge is 2.25. The number of primary amides is 1. The van der Waals surface area contributed by atoms with Crippen LogP contribution in [0.3, 0.4) is 0 Å². The van der Waals surface area contributed by atoms with E-state index in [1.165, 1.54) is 18.2 Å². The molecule has 1 aromatic carbocycles. The zero-order chi connectivity index (χ0) is 22.0. The number of rotatable bonds is 3. The van der Waals surface area contributed by atoms with E-state index in [1.54, 1.807) is 19.1 Å². The number of hydrogen-bond acceptors (Lipinski definition) is 4. The number of carboxylic acid groups (broad SMARTS) is 1. The van der Waals surface area contributed by atoms with E-state index >= 15 is 0 Å². The molecule has 1 aliphatic rings. The second-order valence-corrected chi connectivity index (χ2v) is 6.78. The number of nitrogens with one attached hydrogen (secondary N) is 2. The molecule has 0 fully saturated rings. The smallest absolute Gasteiger partial charge is 0.405 e. The molecular formula is C19H19F2N5O4. The van der Waals surface area contributed by atoms with E-state index in [1.807, 2.05) is 0 Å². The number of aromatic nitrogens is 2. The molecule has 5 N–H and O–H groups in total. The SMILES string of the molecule is C[C@@H]1/C=C/C[C@H](NC(=O)O)c2cc(C(N)=O)cc(c2)-c2c(cnn2C(F)F)NC1=O. The second-order valence-electron chi connectivity index (χ2n) is 6.78. The average molecular weight is 419 g/mol. The van der Waals surface area contributed by atoms with E-state index < -0.39 is 36.4 Å². The minimum absolute atomic E-state index is 0.00612. The van der Waals surface area contributed by atoms with E-state index in [2.05, 4.69) is 15.7 Å². The number of hydrogen-bond donors (Lipinski definition) is 4. The van der Waals surface area contributed by atoms with Crippen LogP contribution in [0.1, 0.15) is 41.9 Å². The summed E-state index contributed by atoms with van der Waals surface area (Å²) in [5.74, 6) is -1.90. The van der Waals surface area contributed by atoms with Crippen molar-refractivity contribution in [2.24, 2.45) is 11.7 Å². The van der Waals surface area contributed by atoms with Crippen molar-refractivity contribution in [3.63, 3.8) is 0 Å². The number of fused-ring (bicyclic) bond motifs is 4. The molecule has 9 nitrogen and oxygen atoms in total. The van der Waals surface area contributed by atoms with Crippen molar-refractivity contribution >= 4 is 23.6 Å². The van der Waals surface area contributed by atoms with Gasteiger partial charge in [0, 0.05) is 11.1 Å². The lowest BCUT2D eigenvalue weighted by Crippen LogP contribution is -2.27. The van der Waals surface area contributed by atoms with Crippen LogP contribution < -0.4 is 16.4 Å². The van der Waals surface area contributed by atoms with E-state index in [-0.39, 0.29) is 28.9 Å². The summed E-state index contributed by atoms with van der Waals surface area (Å²) in [6, 6.07) is 3.34. The fraction of sp³-hybridized carbons (Fsp3) is 0.263. The number of nitrogens with zero attached hydrogens (tertiary/aromatic N) is 2. The summed E-state index contributed by atoms with van der Waals surface area (Å²) in [6.07, 6.45) is 3.14. The molecule has 0 saturated heterocycles. The van der Waals surface area contributed by atoms with E-state index in [0.717, 1.165) is 6.20 Å². The summed E-state index contributed by atoms with van der Waals surface area (Å²) in [4.78, 5) is 35.6. The van der Waals surface area contributed by atoms with Gasteiger partial charge in [-0.25, -0.2) is 9.48 Å². The number of nitrogens with two attached hydrogens (primary N) is 1. The van der Waals surface area contributed by atoms with Gasteiger partial charge in [-0.1, -0.05) is 19.1 Å². The van der Waals surface area contributed by atoms with Gasteiger partial charge in [-0.2, -0.15) is 13.9 Å². The minimum atomic E-state index is -3.02. The summed E-state index contributed by atoms with van der Waals surface area (Å²) in [5, 5.41) is 17.8. The normalized spacial score (nSPS) is 19.8. The van der Waals surface area contributed by atoms with Crippen LogP contribution in [-0.4, -0.2) is 32.8 Å². The zero-order valence-electron chi connectivity index (χ0n) is 15.8. The van der Waals surface area contributed by atoms with Crippen LogP contribution in [0.5, 0.6) is 0 Å². The summed E-state index contributed by atoms with van der Waals surface area (Å²) in [7, 11) is 0. The summed E-state index contributed by atoms with van der Waals surface area (Å²) < 4.78 is 27.6. The van der Waals surface area contributed by atoms with Crippen molar-refractivity contribution in [3.8, 4) is 11.3 Å². The Labute approximate surface area is 169 Å². The first-order valence-electron chi connectivity index (χ1n) is 8.95. The van der Waals surface area contributed by atoms with E-state index in [4.69, 9.17) is 5.73 Å². The van der Waals surface area contributed by atoms with Crippen molar-refractivity contribution in [1.82, 2.24) is 15.1 Å². The molecule has 3 rings (SSSR count). The number of carbonyl (C=O) groups is 3. The molecule has 0 aliphatic carbocycles. The van der Waals surface area contributed by atoms with Crippen molar-refractivity contribution in [1.29, 1.82) is 0 Å². The highest BCUT2D eigenvalue weighted by Crippen LogP contribution is 2.35. The van der Waals surface area contributed by atoms with Crippen LogP contribution >= 0.6 is 0 Å². The first kappa shape index (κ1) is 21.0. The number of halogens is 2. The monoisotopic (exact) mass is 419 g/mol. The van der Waals surface area contributed by atoms with Crippen LogP contribution in [-0.2, 0) is 4.79 Å². The molecule has 0 saturated carbocycles. The predicted molar refractivity (Wildman–Crippen MR) is 103 cm³/mol.